The first-order valence-corrected chi connectivity index (χ1v) is 8.41. The molecule has 0 unspecified atom stereocenters. The van der Waals surface area contributed by atoms with Crippen LogP contribution in [0.15, 0.2) is 24.3 Å². The lowest BCUT2D eigenvalue weighted by Crippen LogP contribution is -3.15. The summed E-state index contributed by atoms with van der Waals surface area (Å²) in [6.45, 7) is 3.81. The molecule has 0 bridgehead atoms. The van der Waals surface area contributed by atoms with Crippen molar-refractivity contribution in [2.45, 2.75) is 18.9 Å². The standard InChI is InChI=1S/C17H22FN3O3/c18-13-3-5-14(6-4-13)19-16(22)12-20-7-9-21(10-8-20)17(23)15-2-1-11-24-15/h3-6,15H,1-2,7-12H2,(H,19,22)/p+1/t15-/m1/s1. The van der Waals surface area contributed by atoms with Gasteiger partial charge in [-0.05, 0) is 37.1 Å². The SMILES string of the molecule is O=C(C[NH+]1CCN(C(=O)[C@H]2CCCO2)CC1)Nc1ccc(F)cc1. The Balaban J connectivity index is 1.42. The van der Waals surface area contributed by atoms with E-state index in [9.17, 15) is 14.0 Å². The van der Waals surface area contributed by atoms with Gasteiger partial charge in [-0.1, -0.05) is 0 Å². The average molecular weight is 336 g/mol. The lowest BCUT2D eigenvalue weighted by Gasteiger charge is -2.33. The molecule has 2 fully saturated rings. The highest BCUT2D eigenvalue weighted by Gasteiger charge is 2.31. The van der Waals surface area contributed by atoms with Crippen molar-refractivity contribution in [3.8, 4) is 0 Å². The van der Waals surface area contributed by atoms with Crippen LogP contribution in [0.2, 0.25) is 0 Å². The molecule has 0 radical (unpaired) electrons. The molecule has 0 aromatic heterocycles. The van der Waals surface area contributed by atoms with E-state index in [1.54, 1.807) is 12.1 Å². The summed E-state index contributed by atoms with van der Waals surface area (Å²) in [7, 11) is 0. The second-order valence-electron chi connectivity index (χ2n) is 6.31. The third-order valence-electron chi connectivity index (χ3n) is 4.53. The Bertz CT molecular complexity index is 579. The van der Waals surface area contributed by atoms with E-state index in [1.165, 1.54) is 12.1 Å². The lowest BCUT2D eigenvalue weighted by atomic mass is 10.2. The molecule has 2 N–H and O–H groups in total. The molecule has 24 heavy (non-hydrogen) atoms. The van der Waals surface area contributed by atoms with Gasteiger partial charge in [-0.25, -0.2) is 4.39 Å². The van der Waals surface area contributed by atoms with Crippen LogP contribution in [0, 0.1) is 5.82 Å². The number of quaternary nitrogens is 1. The number of hydrogen-bond acceptors (Lipinski definition) is 3. The first-order valence-electron chi connectivity index (χ1n) is 8.41. The lowest BCUT2D eigenvalue weighted by molar-refractivity contribution is -0.895. The van der Waals surface area contributed by atoms with E-state index in [0.29, 0.717) is 31.9 Å². The first kappa shape index (κ1) is 16.9. The van der Waals surface area contributed by atoms with Crippen molar-refractivity contribution in [1.29, 1.82) is 0 Å². The quantitative estimate of drug-likeness (QED) is 0.792. The van der Waals surface area contributed by atoms with E-state index >= 15 is 0 Å². The Labute approximate surface area is 140 Å². The normalized spacial score (nSPS) is 21.7. The number of rotatable bonds is 4. The van der Waals surface area contributed by atoms with Gasteiger partial charge in [-0.3, -0.25) is 9.59 Å². The van der Waals surface area contributed by atoms with Crippen molar-refractivity contribution in [3.05, 3.63) is 30.1 Å². The fourth-order valence-corrected chi connectivity index (χ4v) is 3.16. The molecule has 3 rings (SSSR count). The summed E-state index contributed by atoms with van der Waals surface area (Å²) in [5.41, 5.74) is 0.591. The zero-order valence-corrected chi connectivity index (χ0v) is 13.6. The number of anilines is 1. The predicted molar refractivity (Wildman–Crippen MR) is 86.1 cm³/mol. The van der Waals surface area contributed by atoms with Crippen LogP contribution in [0.1, 0.15) is 12.8 Å². The summed E-state index contributed by atoms with van der Waals surface area (Å²) in [4.78, 5) is 27.3. The van der Waals surface area contributed by atoms with Gasteiger partial charge in [0.05, 0.1) is 26.2 Å². The summed E-state index contributed by atoms with van der Waals surface area (Å²) in [6.07, 6.45) is 1.49. The molecule has 0 saturated carbocycles. The molecular weight excluding hydrogens is 313 g/mol. The van der Waals surface area contributed by atoms with E-state index in [1.807, 2.05) is 4.90 Å². The van der Waals surface area contributed by atoms with Crippen LogP contribution < -0.4 is 10.2 Å². The van der Waals surface area contributed by atoms with Crippen molar-refractivity contribution < 1.29 is 23.6 Å². The van der Waals surface area contributed by atoms with Crippen LogP contribution in [-0.4, -0.2) is 62.1 Å². The number of nitrogens with zero attached hydrogens (tertiary/aromatic N) is 1. The van der Waals surface area contributed by atoms with Crippen LogP contribution in [-0.2, 0) is 14.3 Å². The third-order valence-corrected chi connectivity index (χ3v) is 4.53. The number of ether oxygens (including phenoxy) is 1. The molecule has 1 aromatic carbocycles. The molecular formula is C17H23FN3O3+. The Morgan fingerprint density at radius 2 is 1.96 bits per heavy atom. The van der Waals surface area contributed by atoms with Gasteiger partial charge in [0, 0.05) is 12.3 Å². The van der Waals surface area contributed by atoms with Gasteiger partial charge in [0.1, 0.15) is 11.9 Å². The first-order chi connectivity index (χ1) is 11.6. The Kier molecular flexibility index (Phi) is 5.42. The second-order valence-corrected chi connectivity index (χ2v) is 6.31. The van der Waals surface area contributed by atoms with Crippen molar-refractivity contribution in [3.63, 3.8) is 0 Å². The molecule has 2 saturated heterocycles. The number of carbonyl (C=O) groups is 2. The molecule has 0 spiro atoms. The van der Waals surface area contributed by atoms with Crippen molar-refractivity contribution in [2.75, 3.05) is 44.6 Å². The fourth-order valence-electron chi connectivity index (χ4n) is 3.16. The van der Waals surface area contributed by atoms with E-state index in [-0.39, 0.29) is 23.7 Å². The molecule has 7 heteroatoms. The number of hydrogen-bond donors (Lipinski definition) is 2. The third kappa shape index (κ3) is 4.30. The highest BCUT2D eigenvalue weighted by Crippen LogP contribution is 2.14. The highest BCUT2D eigenvalue weighted by atomic mass is 19.1. The van der Waals surface area contributed by atoms with Gasteiger partial charge in [-0.2, -0.15) is 0 Å². The molecule has 130 valence electrons. The van der Waals surface area contributed by atoms with E-state index in [4.69, 9.17) is 4.74 Å². The van der Waals surface area contributed by atoms with Crippen LogP contribution in [0.5, 0.6) is 0 Å². The molecule has 2 aliphatic heterocycles. The Morgan fingerprint density at radius 3 is 2.58 bits per heavy atom. The van der Waals surface area contributed by atoms with Crippen molar-refractivity contribution in [2.24, 2.45) is 0 Å². The number of nitrogens with one attached hydrogen (secondary N) is 2. The second kappa shape index (κ2) is 7.72. The molecule has 1 aromatic rings. The number of carbonyl (C=O) groups excluding carboxylic acids is 2. The minimum Gasteiger partial charge on any atom is -0.368 e. The highest BCUT2D eigenvalue weighted by molar-refractivity contribution is 5.91. The minimum absolute atomic E-state index is 0.0855. The molecule has 2 heterocycles. The van der Waals surface area contributed by atoms with E-state index in [0.717, 1.165) is 30.8 Å². The zero-order chi connectivity index (χ0) is 16.9. The fraction of sp³-hybridized carbons (Fsp3) is 0.529. The summed E-state index contributed by atoms with van der Waals surface area (Å²) in [6, 6.07) is 5.72. The summed E-state index contributed by atoms with van der Waals surface area (Å²) >= 11 is 0. The van der Waals surface area contributed by atoms with Gasteiger partial charge in [0.15, 0.2) is 6.54 Å². The molecule has 2 amide bonds. The summed E-state index contributed by atoms with van der Waals surface area (Å²) < 4.78 is 18.3. The van der Waals surface area contributed by atoms with Crippen molar-refractivity contribution >= 4 is 17.5 Å². The molecule has 2 aliphatic rings. The number of halogens is 1. The summed E-state index contributed by atoms with van der Waals surface area (Å²) in [5.74, 6) is -0.344. The molecule has 0 aliphatic carbocycles. The monoisotopic (exact) mass is 336 g/mol. The van der Waals surface area contributed by atoms with Crippen LogP contribution in [0.25, 0.3) is 0 Å². The zero-order valence-electron chi connectivity index (χ0n) is 13.6. The maximum absolute atomic E-state index is 12.9. The summed E-state index contributed by atoms with van der Waals surface area (Å²) in [5, 5.41) is 2.77. The minimum atomic E-state index is -0.328. The number of benzene rings is 1. The number of amides is 2. The van der Waals surface area contributed by atoms with Crippen LogP contribution >= 0.6 is 0 Å². The topological polar surface area (TPSA) is 63.1 Å². The Morgan fingerprint density at radius 1 is 1.25 bits per heavy atom. The number of piperazine rings is 1. The van der Waals surface area contributed by atoms with Gasteiger partial charge >= 0.3 is 0 Å². The smallest absolute Gasteiger partial charge is 0.279 e. The van der Waals surface area contributed by atoms with E-state index < -0.39 is 0 Å². The molecule has 1 atom stereocenters. The van der Waals surface area contributed by atoms with Crippen LogP contribution in [0.3, 0.4) is 0 Å². The van der Waals surface area contributed by atoms with Crippen molar-refractivity contribution in [1.82, 2.24) is 4.90 Å². The van der Waals surface area contributed by atoms with Gasteiger partial charge in [-0.15, -0.1) is 0 Å². The molecule has 6 nitrogen and oxygen atoms in total. The largest absolute Gasteiger partial charge is 0.368 e. The maximum atomic E-state index is 12.9. The maximum Gasteiger partial charge on any atom is 0.279 e. The van der Waals surface area contributed by atoms with Gasteiger partial charge in [0.2, 0.25) is 0 Å². The van der Waals surface area contributed by atoms with Gasteiger partial charge < -0.3 is 19.9 Å². The predicted octanol–water partition coefficient (Wildman–Crippen LogP) is -0.330. The van der Waals surface area contributed by atoms with Gasteiger partial charge in [0.25, 0.3) is 11.8 Å². The van der Waals surface area contributed by atoms with E-state index in [2.05, 4.69) is 5.32 Å². The average Bonchev–Trinajstić information content (AvgIpc) is 3.11. The van der Waals surface area contributed by atoms with Crippen LogP contribution in [0.4, 0.5) is 10.1 Å². The Hall–Kier alpha value is -1.99.